The van der Waals surface area contributed by atoms with Crippen LogP contribution in [0.5, 0.6) is 11.5 Å². The molecule has 0 saturated heterocycles. The monoisotopic (exact) mass is 236 g/mol. The Hall–Kier alpha value is -2.29. The van der Waals surface area contributed by atoms with E-state index in [1.807, 2.05) is 0 Å². The molecule has 0 amide bonds. The second kappa shape index (κ2) is 5.70. The highest BCUT2D eigenvalue weighted by atomic mass is 16.6. The van der Waals surface area contributed by atoms with E-state index in [-0.39, 0.29) is 12.2 Å². The van der Waals surface area contributed by atoms with Crippen molar-refractivity contribution in [3.8, 4) is 11.5 Å². The first-order valence-corrected chi connectivity index (χ1v) is 4.86. The van der Waals surface area contributed by atoms with Gasteiger partial charge in [0.05, 0.1) is 31.6 Å². The second-order valence-electron chi connectivity index (χ2n) is 3.22. The van der Waals surface area contributed by atoms with Crippen molar-refractivity contribution in [2.45, 2.75) is 6.42 Å². The van der Waals surface area contributed by atoms with Gasteiger partial charge in [-0.25, -0.2) is 6.57 Å². The van der Waals surface area contributed by atoms with Crippen LogP contribution in [0.2, 0.25) is 0 Å². The van der Waals surface area contributed by atoms with Crippen LogP contribution >= 0.6 is 0 Å². The van der Waals surface area contributed by atoms with Crippen molar-refractivity contribution in [2.24, 2.45) is 0 Å². The van der Waals surface area contributed by atoms with Gasteiger partial charge in [-0.15, -0.1) is 0 Å². The molecule has 0 atom stereocenters. The number of hydrogen-bond donors (Lipinski definition) is 0. The summed E-state index contributed by atoms with van der Waals surface area (Å²) in [6, 6.07) is 2.86. The fraction of sp³-hybridized carbons (Fsp3) is 0.364. The van der Waals surface area contributed by atoms with Crippen LogP contribution in [-0.2, 0) is 6.42 Å². The lowest BCUT2D eigenvalue weighted by Crippen LogP contribution is -2.00. The summed E-state index contributed by atoms with van der Waals surface area (Å²) in [5.74, 6) is 0.740. The summed E-state index contributed by atoms with van der Waals surface area (Å²) in [5, 5.41) is 10.9. The second-order valence-corrected chi connectivity index (χ2v) is 3.22. The Balaban J connectivity index is 3.25. The first-order valence-electron chi connectivity index (χ1n) is 4.86. The van der Waals surface area contributed by atoms with Gasteiger partial charge >= 0.3 is 0 Å². The normalized spacial score (nSPS) is 9.47. The average Bonchev–Trinajstić information content (AvgIpc) is 2.34. The van der Waals surface area contributed by atoms with Crippen molar-refractivity contribution in [3.63, 3.8) is 0 Å². The van der Waals surface area contributed by atoms with Crippen LogP contribution in [-0.4, -0.2) is 25.7 Å². The van der Waals surface area contributed by atoms with Crippen LogP contribution in [0.1, 0.15) is 5.56 Å². The lowest BCUT2D eigenvalue weighted by molar-refractivity contribution is -0.385. The molecule has 0 aromatic heterocycles. The van der Waals surface area contributed by atoms with Gasteiger partial charge in [0, 0.05) is 5.56 Å². The third kappa shape index (κ3) is 2.84. The van der Waals surface area contributed by atoms with Crippen LogP contribution < -0.4 is 9.47 Å². The van der Waals surface area contributed by atoms with Gasteiger partial charge in [0.15, 0.2) is 11.5 Å². The SMILES string of the molecule is [C-]#[N+]CCc1cc(OC)c(OC)cc1[N+](=O)[O-]. The van der Waals surface area contributed by atoms with Crippen molar-refractivity contribution in [3.05, 3.63) is 39.2 Å². The lowest BCUT2D eigenvalue weighted by atomic mass is 10.1. The first kappa shape index (κ1) is 12.8. The molecule has 0 unspecified atom stereocenters. The zero-order valence-corrected chi connectivity index (χ0v) is 9.60. The van der Waals surface area contributed by atoms with Crippen LogP contribution in [0.25, 0.3) is 4.85 Å². The molecule has 1 aromatic carbocycles. The number of rotatable bonds is 5. The number of ether oxygens (including phenoxy) is 2. The molecule has 6 heteroatoms. The minimum absolute atomic E-state index is 0.0497. The van der Waals surface area contributed by atoms with Gasteiger partial charge < -0.3 is 14.3 Å². The van der Waals surface area contributed by atoms with E-state index in [9.17, 15) is 10.1 Å². The van der Waals surface area contributed by atoms with Crippen LogP contribution in [0.4, 0.5) is 5.69 Å². The van der Waals surface area contributed by atoms with Crippen molar-refractivity contribution in [1.82, 2.24) is 0 Å². The molecule has 1 rings (SSSR count). The summed E-state index contributed by atoms with van der Waals surface area (Å²) in [6.45, 7) is 6.91. The molecule has 0 aliphatic rings. The predicted molar refractivity (Wildman–Crippen MR) is 61.4 cm³/mol. The molecule has 1 aromatic rings. The van der Waals surface area contributed by atoms with Gasteiger partial charge in [0.1, 0.15) is 0 Å². The topological polar surface area (TPSA) is 66.0 Å². The molecule has 0 saturated carbocycles. The summed E-state index contributed by atoms with van der Waals surface area (Å²) >= 11 is 0. The zero-order valence-electron chi connectivity index (χ0n) is 9.60. The zero-order chi connectivity index (χ0) is 12.8. The molecule has 0 N–H and O–H groups in total. The van der Waals surface area contributed by atoms with Crippen molar-refractivity contribution < 1.29 is 14.4 Å². The van der Waals surface area contributed by atoms with Crippen LogP contribution in [0.15, 0.2) is 12.1 Å². The molecule has 6 nitrogen and oxygen atoms in total. The minimum Gasteiger partial charge on any atom is -0.493 e. The Morgan fingerprint density at radius 2 is 1.94 bits per heavy atom. The number of benzene rings is 1. The summed E-state index contributed by atoms with van der Waals surface area (Å²) < 4.78 is 10.1. The molecule has 17 heavy (non-hydrogen) atoms. The van der Waals surface area contributed by atoms with Crippen molar-refractivity contribution in [1.29, 1.82) is 0 Å². The van der Waals surface area contributed by atoms with E-state index in [1.165, 1.54) is 20.3 Å². The molecule has 0 aliphatic carbocycles. The molecule has 90 valence electrons. The Morgan fingerprint density at radius 3 is 2.41 bits per heavy atom. The Morgan fingerprint density at radius 1 is 1.35 bits per heavy atom. The smallest absolute Gasteiger partial charge is 0.276 e. The fourth-order valence-corrected chi connectivity index (χ4v) is 1.46. The maximum absolute atomic E-state index is 10.9. The Kier molecular flexibility index (Phi) is 4.29. The van der Waals surface area contributed by atoms with E-state index in [2.05, 4.69) is 4.85 Å². The number of nitro groups is 1. The van der Waals surface area contributed by atoms with Gasteiger partial charge in [-0.05, 0) is 6.07 Å². The lowest BCUT2D eigenvalue weighted by Gasteiger charge is -2.09. The molecular formula is C11H12N2O4. The van der Waals surface area contributed by atoms with E-state index in [0.717, 1.165) is 0 Å². The number of nitro benzene ring substituents is 1. The third-order valence-corrected chi connectivity index (χ3v) is 2.27. The summed E-state index contributed by atoms with van der Waals surface area (Å²) in [7, 11) is 2.88. The van der Waals surface area contributed by atoms with Gasteiger partial charge in [0.25, 0.3) is 5.69 Å². The van der Waals surface area contributed by atoms with Gasteiger partial charge in [-0.2, -0.15) is 0 Å². The van der Waals surface area contributed by atoms with Crippen molar-refractivity contribution >= 4 is 5.69 Å². The fourth-order valence-electron chi connectivity index (χ4n) is 1.46. The van der Waals surface area contributed by atoms with Crippen LogP contribution in [0, 0.1) is 16.7 Å². The maximum atomic E-state index is 10.9. The van der Waals surface area contributed by atoms with E-state index < -0.39 is 4.92 Å². The molecule has 0 bridgehead atoms. The quantitative estimate of drug-likeness (QED) is 0.446. The molecular weight excluding hydrogens is 224 g/mol. The Bertz CT molecular complexity index is 465. The largest absolute Gasteiger partial charge is 0.493 e. The average molecular weight is 236 g/mol. The van der Waals surface area contributed by atoms with E-state index in [1.54, 1.807) is 6.07 Å². The highest BCUT2D eigenvalue weighted by Crippen LogP contribution is 2.34. The molecule has 0 fully saturated rings. The van der Waals surface area contributed by atoms with Gasteiger partial charge in [-0.1, -0.05) is 0 Å². The van der Waals surface area contributed by atoms with E-state index in [4.69, 9.17) is 16.0 Å². The molecule has 0 aliphatic heterocycles. The summed E-state index contributed by atoms with van der Waals surface area (Å²) in [6.07, 6.45) is 0.320. The number of hydrogen-bond acceptors (Lipinski definition) is 4. The Labute approximate surface area is 98.7 Å². The van der Waals surface area contributed by atoms with E-state index in [0.29, 0.717) is 23.5 Å². The number of nitrogens with zero attached hydrogens (tertiary/aromatic N) is 2. The van der Waals surface area contributed by atoms with Gasteiger partial charge in [-0.3, -0.25) is 10.1 Å². The molecule has 0 heterocycles. The predicted octanol–water partition coefficient (Wildman–Crippen LogP) is 2.07. The molecule has 0 radical (unpaired) electrons. The van der Waals surface area contributed by atoms with Crippen LogP contribution in [0.3, 0.4) is 0 Å². The molecule has 0 spiro atoms. The minimum atomic E-state index is -0.485. The highest BCUT2D eigenvalue weighted by molar-refractivity contribution is 5.54. The number of methoxy groups -OCH3 is 2. The standard InChI is InChI=1S/C11H12N2O4/c1-12-5-4-8-6-10(16-2)11(17-3)7-9(8)13(14)15/h6-7H,4-5H2,2-3H3. The first-order chi connectivity index (χ1) is 8.13. The highest BCUT2D eigenvalue weighted by Gasteiger charge is 2.19. The maximum Gasteiger partial charge on any atom is 0.276 e. The third-order valence-electron chi connectivity index (χ3n) is 2.27. The van der Waals surface area contributed by atoms with Gasteiger partial charge in [0.2, 0.25) is 6.54 Å². The summed E-state index contributed by atoms with van der Waals surface area (Å²) in [4.78, 5) is 13.6. The van der Waals surface area contributed by atoms with Crippen molar-refractivity contribution in [2.75, 3.05) is 20.8 Å². The summed E-state index contributed by atoms with van der Waals surface area (Å²) in [5.41, 5.74) is 0.426. The van der Waals surface area contributed by atoms with E-state index >= 15 is 0 Å².